The zero-order chi connectivity index (χ0) is 6.81. The van der Waals surface area contributed by atoms with Crippen molar-refractivity contribution in [2.75, 3.05) is 19.8 Å². The molecule has 2 bridgehead atoms. The third-order valence-corrected chi connectivity index (χ3v) is 2.61. The average molecular weight is 141 g/mol. The van der Waals surface area contributed by atoms with E-state index in [1.165, 1.54) is 25.8 Å². The van der Waals surface area contributed by atoms with Crippen molar-refractivity contribution in [2.45, 2.75) is 25.3 Å². The first-order chi connectivity index (χ1) is 4.95. The minimum Gasteiger partial charge on any atom is -0.380 e. The fourth-order valence-corrected chi connectivity index (χ4v) is 1.84. The Hall–Kier alpha value is -0.0800. The molecule has 10 heavy (non-hydrogen) atoms. The van der Waals surface area contributed by atoms with Crippen LogP contribution in [0.3, 0.4) is 0 Å². The second-order valence-corrected chi connectivity index (χ2v) is 3.41. The molecule has 2 heteroatoms. The monoisotopic (exact) mass is 141 g/mol. The lowest BCUT2D eigenvalue weighted by Gasteiger charge is -2.32. The quantitative estimate of drug-likeness (QED) is 0.538. The molecule has 0 radical (unpaired) electrons. The summed E-state index contributed by atoms with van der Waals surface area (Å²) in [5.41, 5.74) is 0. The molecular weight excluding hydrogens is 126 g/mol. The van der Waals surface area contributed by atoms with Gasteiger partial charge in [-0.3, -0.25) is 0 Å². The summed E-state index contributed by atoms with van der Waals surface area (Å²) in [4.78, 5) is 0. The van der Waals surface area contributed by atoms with Crippen LogP contribution in [-0.2, 0) is 4.74 Å². The average Bonchev–Trinajstić information content (AvgIpc) is 1.89. The van der Waals surface area contributed by atoms with Gasteiger partial charge in [-0.2, -0.15) is 0 Å². The van der Waals surface area contributed by atoms with E-state index in [9.17, 15) is 0 Å². The number of hydrogen-bond donors (Lipinski definition) is 1. The number of rotatable bonds is 0. The van der Waals surface area contributed by atoms with Gasteiger partial charge >= 0.3 is 0 Å². The third kappa shape index (κ3) is 1.32. The topological polar surface area (TPSA) is 21.3 Å². The van der Waals surface area contributed by atoms with Crippen LogP contribution >= 0.6 is 0 Å². The van der Waals surface area contributed by atoms with E-state index in [-0.39, 0.29) is 0 Å². The van der Waals surface area contributed by atoms with Crippen LogP contribution in [0, 0.1) is 5.92 Å². The summed E-state index contributed by atoms with van der Waals surface area (Å²) in [6.07, 6.45) is 4.01. The maximum Gasteiger partial charge on any atom is 0.0619 e. The summed E-state index contributed by atoms with van der Waals surface area (Å²) >= 11 is 0. The van der Waals surface area contributed by atoms with Gasteiger partial charge in [0.15, 0.2) is 0 Å². The maximum atomic E-state index is 5.45. The van der Waals surface area contributed by atoms with Crippen molar-refractivity contribution in [3.63, 3.8) is 0 Å². The molecule has 3 aliphatic rings. The lowest BCUT2D eigenvalue weighted by Crippen LogP contribution is -2.44. The molecule has 0 amide bonds. The molecule has 0 aromatic rings. The summed E-state index contributed by atoms with van der Waals surface area (Å²) in [6.45, 7) is 3.16. The van der Waals surface area contributed by atoms with E-state index in [2.05, 4.69) is 5.32 Å². The van der Waals surface area contributed by atoms with Crippen LogP contribution in [0.5, 0.6) is 0 Å². The van der Waals surface area contributed by atoms with E-state index >= 15 is 0 Å². The summed E-state index contributed by atoms with van der Waals surface area (Å²) < 4.78 is 5.45. The second-order valence-electron chi connectivity index (χ2n) is 3.41. The van der Waals surface area contributed by atoms with E-state index in [4.69, 9.17) is 4.74 Å². The fraction of sp³-hybridized carbons (Fsp3) is 1.00. The molecule has 3 rings (SSSR count). The Morgan fingerprint density at radius 1 is 1.20 bits per heavy atom. The summed E-state index contributed by atoms with van der Waals surface area (Å²) in [6, 6.07) is 0.663. The van der Waals surface area contributed by atoms with Gasteiger partial charge in [0, 0.05) is 12.6 Å². The molecule has 3 heterocycles. The Morgan fingerprint density at radius 3 is 3.00 bits per heavy atom. The van der Waals surface area contributed by atoms with Crippen LogP contribution in [0.25, 0.3) is 0 Å². The van der Waals surface area contributed by atoms with Crippen LogP contribution in [0.4, 0.5) is 0 Å². The van der Waals surface area contributed by atoms with Crippen molar-refractivity contribution < 1.29 is 4.74 Å². The van der Waals surface area contributed by atoms with Crippen LogP contribution in [-0.4, -0.2) is 25.8 Å². The minimum absolute atomic E-state index is 0.663. The minimum atomic E-state index is 0.663. The smallest absolute Gasteiger partial charge is 0.0619 e. The van der Waals surface area contributed by atoms with Crippen molar-refractivity contribution in [2.24, 2.45) is 5.92 Å². The molecule has 0 spiro atoms. The zero-order valence-corrected chi connectivity index (χ0v) is 6.31. The normalized spacial score (nSPS) is 40.8. The van der Waals surface area contributed by atoms with Crippen LogP contribution in [0.15, 0.2) is 0 Å². The number of hydrogen-bond acceptors (Lipinski definition) is 2. The first kappa shape index (κ1) is 6.62. The van der Waals surface area contributed by atoms with Gasteiger partial charge in [-0.05, 0) is 31.7 Å². The van der Waals surface area contributed by atoms with E-state index < -0.39 is 0 Å². The largest absolute Gasteiger partial charge is 0.380 e. The number of fused-ring (bicyclic) bond motifs is 5. The molecule has 2 nitrogen and oxygen atoms in total. The van der Waals surface area contributed by atoms with Crippen molar-refractivity contribution in [3.05, 3.63) is 0 Å². The molecule has 3 saturated heterocycles. The highest BCUT2D eigenvalue weighted by molar-refractivity contribution is 4.79. The summed E-state index contributed by atoms with van der Waals surface area (Å²) in [7, 11) is 0. The van der Waals surface area contributed by atoms with Gasteiger partial charge in [0.05, 0.1) is 6.61 Å². The van der Waals surface area contributed by atoms with Gasteiger partial charge < -0.3 is 10.1 Å². The van der Waals surface area contributed by atoms with Crippen LogP contribution < -0.4 is 5.32 Å². The Bertz CT molecular complexity index is 88.3. The predicted octanol–water partition coefficient (Wildman–Crippen LogP) is 0.775. The molecule has 3 aliphatic heterocycles. The molecule has 58 valence electrons. The van der Waals surface area contributed by atoms with E-state index in [1.54, 1.807) is 0 Å². The van der Waals surface area contributed by atoms with Crippen molar-refractivity contribution in [3.8, 4) is 0 Å². The van der Waals surface area contributed by atoms with E-state index in [0.717, 1.165) is 19.1 Å². The van der Waals surface area contributed by atoms with Crippen LogP contribution in [0.1, 0.15) is 19.3 Å². The zero-order valence-electron chi connectivity index (χ0n) is 6.31. The number of nitrogens with one attached hydrogen (secondary N) is 1. The first-order valence-corrected chi connectivity index (χ1v) is 4.26. The summed E-state index contributed by atoms with van der Waals surface area (Å²) in [5.74, 6) is 0.900. The molecule has 1 N–H and O–H groups in total. The SMILES string of the molecule is C1CC2CCC(CO1)NC2. The van der Waals surface area contributed by atoms with E-state index in [1.807, 2.05) is 0 Å². The van der Waals surface area contributed by atoms with Crippen molar-refractivity contribution >= 4 is 0 Å². The molecule has 0 aliphatic carbocycles. The maximum absolute atomic E-state index is 5.45. The lowest BCUT2D eigenvalue weighted by molar-refractivity contribution is 0.0565. The highest BCUT2D eigenvalue weighted by atomic mass is 16.5. The second kappa shape index (κ2) is 2.89. The molecule has 0 aromatic carbocycles. The van der Waals surface area contributed by atoms with Crippen molar-refractivity contribution in [1.82, 2.24) is 5.32 Å². The number of piperidine rings is 1. The Labute approximate surface area is 61.9 Å². The van der Waals surface area contributed by atoms with Gasteiger partial charge in [0.2, 0.25) is 0 Å². The molecule has 3 fully saturated rings. The predicted molar refractivity (Wildman–Crippen MR) is 40.0 cm³/mol. The number of ether oxygens (including phenoxy) is 1. The molecule has 0 aromatic heterocycles. The highest BCUT2D eigenvalue weighted by Gasteiger charge is 2.22. The van der Waals surface area contributed by atoms with Gasteiger partial charge in [0.25, 0.3) is 0 Å². The third-order valence-electron chi connectivity index (χ3n) is 2.61. The van der Waals surface area contributed by atoms with Gasteiger partial charge in [-0.15, -0.1) is 0 Å². The standard InChI is InChI=1S/C8H15NO/c1-2-8-6-10-4-3-7(1)5-9-8/h7-9H,1-6H2. The molecular formula is C8H15NO. The molecule has 2 unspecified atom stereocenters. The molecule has 2 atom stereocenters. The van der Waals surface area contributed by atoms with Gasteiger partial charge in [0.1, 0.15) is 0 Å². The van der Waals surface area contributed by atoms with E-state index in [0.29, 0.717) is 6.04 Å². The highest BCUT2D eigenvalue weighted by Crippen LogP contribution is 2.20. The Morgan fingerprint density at radius 2 is 2.20 bits per heavy atom. The lowest BCUT2D eigenvalue weighted by atomic mass is 9.92. The Kier molecular flexibility index (Phi) is 1.91. The van der Waals surface area contributed by atoms with Gasteiger partial charge in [-0.25, -0.2) is 0 Å². The van der Waals surface area contributed by atoms with Gasteiger partial charge in [-0.1, -0.05) is 0 Å². The first-order valence-electron chi connectivity index (χ1n) is 4.26. The van der Waals surface area contributed by atoms with Crippen LogP contribution in [0.2, 0.25) is 0 Å². The summed E-state index contributed by atoms with van der Waals surface area (Å²) in [5, 5.41) is 3.50. The fourth-order valence-electron chi connectivity index (χ4n) is 1.84. The Balaban J connectivity index is 1.94. The molecule has 0 saturated carbocycles. The van der Waals surface area contributed by atoms with Crippen molar-refractivity contribution in [1.29, 1.82) is 0 Å².